The highest BCUT2D eigenvalue weighted by atomic mass is 16.5. The van der Waals surface area contributed by atoms with Crippen LogP contribution in [-0.2, 0) is 4.79 Å². The Morgan fingerprint density at radius 3 is 2.28 bits per heavy atom. The van der Waals surface area contributed by atoms with Gasteiger partial charge < -0.3 is 29.5 Å². The number of nitrogens with one attached hydrogen (secondary N) is 2. The fourth-order valence-electron chi connectivity index (χ4n) is 2.53. The van der Waals surface area contributed by atoms with Crippen LogP contribution < -0.4 is 20.1 Å². The molecule has 0 aliphatic carbocycles. The highest BCUT2D eigenvalue weighted by Crippen LogP contribution is 2.26. The minimum atomic E-state index is -0.396. The van der Waals surface area contributed by atoms with Crippen LogP contribution in [0.5, 0.6) is 11.5 Å². The number of aromatic nitrogens is 1. The lowest BCUT2D eigenvalue weighted by Crippen LogP contribution is -2.41. The zero-order valence-electron chi connectivity index (χ0n) is 17.4. The summed E-state index contributed by atoms with van der Waals surface area (Å²) in [4.78, 5) is 26.7. The largest absolute Gasteiger partial charge is 0.497 e. The van der Waals surface area contributed by atoms with Gasteiger partial charge in [-0.3, -0.25) is 4.79 Å². The van der Waals surface area contributed by atoms with Crippen molar-refractivity contribution in [3.8, 4) is 11.5 Å². The number of rotatable bonds is 9. The summed E-state index contributed by atoms with van der Waals surface area (Å²) in [6.07, 6.45) is 0.755. The third kappa shape index (κ3) is 7.02. The van der Waals surface area contributed by atoms with Gasteiger partial charge in [0.1, 0.15) is 23.8 Å². The van der Waals surface area contributed by atoms with Crippen molar-refractivity contribution < 1.29 is 23.6 Å². The van der Waals surface area contributed by atoms with E-state index in [1.165, 1.54) is 19.1 Å². The molecule has 1 aromatic heterocycles. The van der Waals surface area contributed by atoms with Gasteiger partial charge in [0.25, 0.3) is 0 Å². The Bertz CT molecular complexity index is 812. The predicted molar refractivity (Wildman–Crippen MR) is 109 cm³/mol. The third-order valence-corrected chi connectivity index (χ3v) is 4.10. The highest BCUT2D eigenvalue weighted by molar-refractivity contribution is 5.96. The fourth-order valence-corrected chi connectivity index (χ4v) is 2.53. The van der Waals surface area contributed by atoms with Crippen molar-refractivity contribution in [1.82, 2.24) is 10.1 Å². The number of methoxy groups -OCH3 is 2. The summed E-state index contributed by atoms with van der Waals surface area (Å²) in [5.74, 6) is 2.01. The number of benzene rings is 1. The van der Waals surface area contributed by atoms with Gasteiger partial charge in [-0.1, -0.05) is 19.0 Å². The first kappa shape index (κ1) is 22.1. The van der Waals surface area contributed by atoms with E-state index in [9.17, 15) is 9.59 Å². The van der Waals surface area contributed by atoms with E-state index < -0.39 is 6.03 Å². The minimum absolute atomic E-state index is 0.119. The van der Waals surface area contributed by atoms with Gasteiger partial charge in [-0.15, -0.1) is 0 Å². The Labute approximate surface area is 170 Å². The molecule has 0 saturated heterocycles. The number of hydrogen-bond donors (Lipinski definition) is 2. The number of hydrogen-bond acceptors (Lipinski definition) is 6. The fraction of sp³-hybridized carbons (Fsp3) is 0.450. The van der Waals surface area contributed by atoms with Gasteiger partial charge in [0, 0.05) is 36.5 Å². The van der Waals surface area contributed by atoms with Crippen molar-refractivity contribution in [2.24, 2.45) is 5.92 Å². The van der Waals surface area contributed by atoms with Crippen molar-refractivity contribution in [1.29, 1.82) is 0 Å². The summed E-state index contributed by atoms with van der Waals surface area (Å²) < 4.78 is 15.4. The molecule has 0 saturated carbocycles. The summed E-state index contributed by atoms with van der Waals surface area (Å²) >= 11 is 0. The SMILES string of the molecule is COc1cc(NC(=O)N(CCC(C)C)CC(=O)Nc2cc(C)on2)cc(OC)c1. The molecule has 3 amide bonds. The summed E-state index contributed by atoms with van der Waals surface area (Å²) in [6.45, 7) is 6.15. The maximum absolute atomic E-state index is 12.8. The topological polar surface area (TPSA) is 106 Å². The lowest BCUT2D eigenvalue weighted by molar-refractivity contribution is -0.116. The number of carbonyl (C=O) groups excluding carboxylic acids is 2. The Kier molecular flexibility index (Phi) is 7.88. The van der Waals surface area contributed by atoms with Crippen molar-refractivity contribution in [2.75, 3.05) is 37.9 Å². The Morgan fingerprint density at radius 1 is 1.10 bits per heavy atom. The first-order valence-corrected chi connectivity index (χ1v) is 9.33. The van der Waals surface area contributed by atoms with E-state index in [2.05, 4.69) is 29.6 Å². The van der Waals surface area contributed by atoms with E-state index in [4.69, 9.17) is 14.0 Å². The van der Waals surface area contributed by atoms with Crippen molar-refractivity contribution in [2.45, 2.75) is 27.2 Å². The zero-order chi connectivity index (χ0) is 21.4. The number of anilines is 2. The molecule has 158 valence electrons. The molecule has 29 heavy (non-hydrogen) atoms. The van der Waals surface area contributed by atoms with Crippen molar-refractivity contribution in [3.63, 3.8) is 0 Å². The normalized spacial score (nSPS) is 10.6. The monoisotopic (exact) mass is 404 g/mol. The van der Waals surface area contributed by atoms with E-state index in [-0.39, 0.29) is 12.5 Å². The second-order valence-electron chi connectivity index (χ2n) is 7.01. The molecule has 0 aliphatic rings. The number of urea groups is 1. The molecule has 0 unspecified atom stereocenters. The molecule has 0 spiro atoms. The summed E-state index contributed by atoms with van der Waals surface area (Å²) in [5.41, 5.74) is 0.508. The van der Waals surface area contributed by atoms with E-state index in [1.807, 2.05) is 0 Å². The highest BCUT2D eigenvalue weighted by Gasteiger charge is 2.19. The van der Waals surface area contributed by atoms with Crippen molar-refractivity contribution in [3.05, 3.63) is 30.0 Å². The van der Waals surface area contributed by atoms with Crippen LogP contribution in [0.25, 0.3) is 0 Å². The van der Waals surface area contributed by atoms with Crippen LogP contribution >= 0.6 is 0 Å². The van der Waals surface area contributed by atoms with Crippen LogP contribution in [-0.4, -0.2) is 49.3 Å². The number of aryl methyl sites for hydroxylation is 1. The molecule has 2 aromatic rings. The Morgan fingerprint density at radius 2 is 1.76 bits per heavy atom. The van der Waals surface area contributed by atoms with Crippen molar-refractivity contribution >= 4 is 23.4 Å². The second-order valence-corrected chi connectivity index (χ2v) is 7.01. The minimum Gasteiger partial charge on any atom is -0.497 e. The summed E-state index contributed by atoms with van der Waals surface area (Å²) in [5, 5.41) is 9.17. The molecule has 0 radical (unpaired) electrons. The zero-order valence-corrected chi connectivity index (χ0v) is 17.4. The second kappa shape index (κ2) is 10.4. The number of carbonyl (C=O) groups is 2. The number of ether oxygens (including phenoxy) is 2. The molecule has 0 fully saturated rings. The molecular formula is C20H28N4O5. The molecule has 1 aromatic carbocycles. The summed E-state index contributed by atoms with van der Waals surface area (Å²) in [6, 6.07) is 6.28. The van der Waals surface area contributed by atoms with E-state index in [0.717, 1.165) is 6.42 Å². The third-order valence-electron chi connectivity index (χ3n) is 4.10. The van der Waals surface area contributed by atoms with E-state index in [0.29, 0.717) is 41.2 Å². The van der Waals surface area contributed by atoms with Crippen LogP contribution in [0.4, 0.5) is 16.3 Å². The van der Waals surface area contributed by atoms with Gasteiger partial charge >= 0.3 is 6.03 Å². The Hall–Kier alpha value is -3.23. The molecule has 0 bridgehead atoms. The molecule has 1 heterocycles. The average molecular weight is 404 g/mol. The average Bonchev–Trinajstić information content (AvgIpc) is 3.08. The standard InChI is InChI=1S/C20H28N4O5/c1-13(2)6-7-24(12-19(25)22-18-8-14(3)29-23-18)20(26)21-15-9-16(27-4)11-17(10-15)28-5/h8-11,13H,6-7,12H2,1-5H3,(H,21,26)(H,22,23,25). The van der Waals surface area contributed by atoms with Crippen LogP contribution in [0.2, 0.25) is 0 Å². The van der Waals surface area contributed by atoms with Gasteiger partial charge in [-0.05, 0) is 19.3 Å². The van der Waals surface area contributed by atoms with Gasteiger partial charge in [0.05, 0.1) is 14.2 Å². The lowest BCUT2D eigenvalue weighted by atomic mass is 10.1. The first-order valence-electron chi connectivity index (χ1n) is 9.33. The smallest absolute Gasteiger partial charge is 0.322 e. The van der Waals surface area contributed by atoms with Gasteiger partial charge in [0.2, 0.25) is 5.91 Å². The van der Waals surface area contributed by atoms with Crippen LogP contribution in [0, 0.1) is 12.8 Å². The maximum atomic E-state index is 12.8. The molecule has 9 heteroatoms. The quantitative estimate of drug-likeness (QED) is 0.662. The lowest BCUT2D eigenvalue weighted by Gasteiger charge is -2.23. The summed E-state index contributed by atoms with van der Waals surface area (Å²) in [7, 11) is 3.07. The van der Waals surface area contributed by atoms with Gasteiger partial charge in [-0.25, -0.2) is 4.79 Å². The molecular weight excluding hydrogens is 376 g/mol. The Balaban J connectivity index is 2.09. The number of nitrogens with zero attached hydrogens (tertiary/aromatic N) is 2. The van der Waals surface area contributed by atoms with Crippen LogP contribution in [0.3, 0.4) is 0 Å². The molecule has 9 nitrogen and oxygen atoms in total. The predicted octanol–water partition coefficient (Wildman–Crippen LogP) is 3.52. The van der Waals surface area contributed by atoms with Crippen LogP contribution in [0.15, 0.2) is 28.8 Å². The van der Waals surface area contributed by atoms with Crippen LogP contribution in [0.1, 0.15) is 26.0 Å². The first-order chi connectivity index (χ1) is 13.8. The molecule has 2 rings (SSSR count). The molecule has 0 aliphatic heterocycles. The molecule has 0 atom stereocenters. The maximum Gasteiger partial charge on any atom is 0.322 e. The van der Waals surface area contributed by atoms with E-state index >= 15 is 0 Å². The van der Waals surface area contributed by atoms with Gasteiger partial charge in [-0.2, -0.15) is 0 Å². The number of amides is 3. The molecule has 2 N–H and O–H groups in total. The van der Waals surface area contributed by atoms with Gasteiger partial charge in [0.15, 0.2) is 5.82 Å². The van der Waals surface area contributed by atoms with E-state index in [1.54, 1.807) is 31.2 Å².